The lowest BCUT2D eigenvalue weighted by Gasteiger charge is -2.19. The number of hydrogen-bond donors (Lipinski definition) is 1. The molecule has 1 aromatic rings. The van der Waals surface area contributed by atoms with E-state index < -0.39 is 0 Å². The van der Waals surface area contributed by atoms with Crippen LogP contribution in [0.3, 0.4) is 0 Å². The van der Waals surface area contributed by atoms with Gasteiger partial charge in [-0.2, -0.15) is 0 Å². The van der Waals surface area contributed by atoms with Gasteiger partial charge in [0, 0.05) is 6.54 Å². The molecule has 0 amide bonds. The zero-order chi connectivity index (χ0) is 10.2. The van der Waals surface area contributed by atoms with E-state index in [1.54, 1.807) is 0 Å². The van der Waals surface area contributed by atoms with Crippen molar-refractivity contribution in [3.63, 3.8) is 0 Å². The Morgan fingerprint density at radius 1 is 1.12 bits per heavy atom. The molecule has 1 rings (SSSR count). The van der Waals surface area contributed by atoms with Crippen LogP contribution < -0.4 is 5.73 Å². The molecule has 2 N–H and O–H groups in total. The molecule has 0 atom stereocenters. The summed E-state index contributed by atoms with van der Waals surface area (Å²) >= 11 is 0. The number of halogens is 2. The lowest BCUT2D eigenvalue weighted by molar-refractivity contribution is 0.278. The van der Waals surface area contributed by atoms with Crippen LogP contribution in [-0.4, -0.2) is 24.5 Å². The quantitative estimate of drug-likeness (QED) is 0.856. The fraction of sp³-hybridized carbons (Fsp3) is 0.500. The van der Waals surface area contributed by atoms with Crippen molar-refractivity contribution < 1.29 is 0 Å². The summed E-state index contributed by atoms with van der Waals surface area (Å²) in [5.41, 5.74) is 6.88. The van der Waals surface area contributed by atoms with Crippen molar-refractivity contribution in [1.29, 1.82) is 0 Å². The highest BCUT2D eigenvalue weighted by Gasteiger charge is 2.01. The molecule has 0 unspecified atom stereocenters. The standard InChI is InChI=1S/C12H20N2.2ClH/c1-2-14(10-6-9-13)11-12-7-4-3-5-8-12;;/h3-5,7-8H,2,6,9-11,13H2,1H3;2*1H. The molecule has 0 saturated heterocycles. The van der Waals surface area contributed by atoms with Crippen LogP contribution in [-0.2, 0) is 6.54 Å². The van der Waals surface area contributed by atoms with Crippen LogP contribution in [0.5, 0.6) is 0 Å². The molecule has 1 aromatic carbocycles. The maximum absolute atomic E-state index is 5.50. The Hall–Kier alpha value is -0.280. The minimum atomic E-state index is 0. The second-order valence-electron chi connectivity index (χ2n) is 3.50. The first-order valence-corrected chi connectivity index (χ1v) is 5.33. The third kappa shape index (κ3) is 7.07. The van der Waals surface area contributed by atoms with Crippen molar-refractivity contribution in [2.75, 3.05) is 19.6 Å². The lowest BCUT2D eigenvalue weighted by atomic mass is 10.2. The summed E-state index contributed by atoms with van der Waals surface area (Å²) in [6.45, 7) is 6.21. The summed E-state index contributed by atoms with van der Waals surface area (Å²) in [6.07, 6.45) is 1.08. The van der Waals surface area contributed by atoms with Gasteiger partial charge in [0.25, 0.3) is 0 Å². The van der Waals surface area contributed by atoms with Crippen molar-refractivity contribution in [3.8, 4) is 0 Å². The predicted octanol–water partition coefficient (Wildman–Crippen LogP) is 2.70. The molecule has 0 aliphatic carbocycles. The second-order valence-corrected chi connectivity index (χ2v) is 3.50. The topological polar surface area (TPSA) is 29.3 Å². The highest BCUT2D eigenvalue weighted by molar-refractivity contribution is 5.85. The molecule has 0 bridgehead atoms. The van der Waals surface area contributed by atoms with Gasteiger partial charge in [-0.25, -0.2) is 0 Å². The molecule has 0 saturated carbocycles. The molecule has 0 heterocycles. The molecule has 2 nitrogen and oxygen atoms in total. The maximum atomic E-state index is 5.50. The summed E-state index contributed by atoms with van der Waals surface area (Å²) < 4.78 is 0. The molecule has 0 aliphatic heterocycles. The number of benzene rings is 1. The van der Waals surface area contributed by atoms with Crippen LogP contribution in [0, 0.1) is 0 Å². The number of hydrogen-bond acceptors (Lipinski definition) is 2. The minimum absolute atomic E-state index is 0. The van der Waals surface area contributed by atoms with Crippen LogP contribution in [0.15, 0.2) is 30.3 Å². The first-order chi connectivity index (χ1) is 6.86. The smallest absolute Gasteiger partial charge is 0.0233 e. The predicted molar refractivity (Wildman–Crippen MR) is 75.6 cm³/mol. The molecule has 94 valence electrons. The fourth-order valence-corrected chi connectivity index (χ4v) is 1.51. The maximum Gasteiger partial charge on any atom is 0.0233 e. The van der Waals surface area contributed by atoms with E-state index in [0.29, 0.717) is 0 Å². The van der Waals surface area contributed by atoms with E-state index >= 15 is 0 Å². The van der Waals surface area contributed by atoms with Gasteiger partial charge in [-0.15, -0.1) is 24.8 Å². The van der Waals surface area contributed by atoms with Crippen molar-refractivity contribution in [2.24, 2.45) is 5.73 Å². The van der Waals surface area contributed by atoms with E-state index in [4.69, 9.17) is 5.73 Å². The Morgan fingerprint density at radius 2 is 1.75 bits per heavy atom. The first-order valence-electron chi connectivity index (χ1n) is 5.33. The molecule has 0 fully saturated rings. The minimum Gasteiger partial charge on any atom is -0.330 e. The third-order valence-corrected chi connectivity index (χ3v) is 2.37. The molecular formula is C12H22Cl2N2. The van der Waals surface area contributed by atoms with Crippen LogP contribution in [0.1, 0.15) is 18.9 Å². The summed E-state index contributed by atoms with van der Waals surface area (Å²) in [5, 5.41) is 0. The Balaban J connectivity index is 0. The number of rotatable bonds is 6. The largest absolute Gasteiger partial charge is 0.330 e. The average molecular weight is 265 g/mol. The van der Waals surface area contributed by atoms with E-state index in [9.17, 15) is 0 Å². The van der Waals surface area contributed by atoms with Crippen LogP contribution in [0.25, 0.3) is 0 Å². The second kappa shape index (κ2) is 11.2. The fourth-order valence-electron chi connectivity index (χ4n) is 1.51. The van der Waals surface area contributed by atoms with Gasteiger partial charge in [0.15, 0.2) is 0 Å². The van der Waals surface area contributed by atoms with Gasteiger partial charge in [0.2, 0.25) is 0 Å². The zero-order valence-electron chi connectivity index (χ0n) is 9.76. The Bertz CT molecular complexity index is 242. The van der Waals surface area contributed by atoms with E-state index in [2.05, 4.69) is 42.2 Å². The zero-order valence-corrected chi connectivity index (χ0v) is 11.4. The molecule has 0 aromatic heterocycles. The summed E-state index contributed by atoms with van der Waals surface area (Å²) in [5.74, 6) is 0. The monoisotopic (exact) mass is 264 g/mol. The van der Waals surface area contributed by atoms with Gasteiger partial charge in [-0.05, 0) is 31.6 Å². The first kappa shape index (κ1) is 18.1. The molecule has 0 spiro atoms. The average Bonchev–Trinajstić information content (AvgIpc) is 2.25. The van der Waals surface area contributed by atoms with Gasteiger partial charge < -0.3 is 5.73 Å². The van der Waals surface area contributed by atoms with Gasteiger partial charge in [0.1, 0.15) is 0 Å². The van der Waals surface area contributed by atoms with Crippen LogP contribution >= 0.6 is 24.8 Å². The van der Waals surface area contributed by atoms with Gasteiger partial charge in [0.05, 0.1) is 0 Å². The van der Waals surface area contributed by atoms with E-state index in [-0.39, 0.29) is 24.8 Å². The SMILES string of the molecule is CCN(CCCN)Cc1ccccc1.Cl.Cl. The molecule has 0 aliphatic rings. The van der Waals surface area contributed by atoms with Gasteiger partial charge in [-0.1, -0.05) is 37.3 Å². The lowest BCUT2D eigenvalue weighted by Crippen LogP contribution is -2.25. The van der Waals surface area contributed by atoms with Crippen LogP contribution in [0.4, 0.5) is 0 Å². The summed E-state index contributed by atoms with van der Waals surface area (Å²) in [7, 11) is 0. The highest BCUT2D eigenvalue weighted by atomic mass is 35.5. The molecule has 0 radical (unpaired) electrons. The number of nitrogens with two attached hydrogens (primary N) is 1. The van der Waals surface area contributed by atoms with E-state index in [1.807, 2.05) is 0 Å². The summed E-state index contributed by atoms with van der Waals surface area (Å²) in [6, 6.07) is 10.6. The number of nitrogens with zero attached hydrogens (tertiary/aromatic N) is 1. The normalized spacial score (nSPS) is 9.44. The van der Waals surface area contributed by atoms with Crippen molar-refractivity contribution in [1.82, 2.24) is 4.90 Å². The highest BCUT2D eigenvalue weighted by Crippen LogP contribution is 2.04. The van der Waals surface area contributed by atoms with Crippen LogP contribution in [0.2, 0.25) is 0 Å². The Labute approximate surface area is 111 Å². The van der Waals surface area contributed by atoms with E-state index in [1.165, 1.54) is 5.56 Å². The van der Waals surface area contributed by atoms with Gasteiger partial charge >= 0.3 is 0 Å². The molecule has 4 heteroatoms. The van der Waals surface area contributed by atoms with Crippen molar-refractivity contribution in [3.05, 3.63) is 35.9 Å². The van der Waals surface area contributed by atoms with Crippen molar-refractivity contribution in [2.45, 2.75) is 19.9 Å². The third-order valence-electron chi connectivity index (χ3n) is 2.37. The van der Waals surface area contributed by atoms with Crippen molar-refractivity contribution >= 4 is 24.8 Å². The Morgan fingerprint density at radius 3 is 2.25 bits per heavy atom. The van der Waals surface area contributed by atoms with E-state index in [0.717, 1.165) is 32.6 Å². The Kier molecular flexibility index (Phi) is 12.7. The summed E-state index contributed by atoms with van der Waals surface area (Å²) in [4.78, 5) is 2.42. The van der Waals surface area contributed by atoms with Gasteiger partial charge in [-0.3, -0.25) is 4.90 Å². The molecule has 16 heavy (non-hydrogen) atoms. The molecular weight excluding hydrogens is 243 g/mol.